The van der Waals surface area contributed by atoms with Crippen LogP contribution in [0.15, 0.2) is 35.7 Å². The van der Waals surface area contributed by atoms with Gasteiger partial charge in [-0.3, -0.25) is 14.5 Å². The minimum absolute atomic E-state index is 0.0461. The number of aryl methyl sites for hydroxylation is 3. The van der Waals surface area contributed by atoms with E-state index in [1.54, 1.807) is 16.2 Å². The molecule has 8 heteroatoms. The molecule has 0 spiro atoms. The molecule has 0 atom stereocenters. The second kappa shape index (κ2) is 8.16. The van der Waals surface area contributed by atoms with Crippen molar-refractivity contribution in [1.29, 1.82) is 0 Å². The second-order valence-electron chi connectivity index (χ2n) is 7.14. The Labute approximate surface area is 173 Å². The number of hydrogen-bond donors (Lipinski definition) is 1. The van der Waals surface area contributed by atoms with Gasteiger partial charge in [-0.2, -0.15) is 5.10 Å². The van der Waals surface area contributed by atoms with Crippen molar-refractivity contribution in [1.82, 2.24) is 14.8 Å². The zero-order chi connectivity index (χ0) is 20.4. The van der Waals surface area contributed by atoms with Crippen LogP contribution in [0.5, 0.6) is 0 Å². The summed E-state index contributed by atoms with van der Waals surface area (Å²) in [5.74, 6) is 0.611. The van der Waals surface area contributed by atoms with E-state index in [4.69, 9.17) is 0 Å². The molecule has 0 aliphatic carbocycles. The molecule has 1 aliphatic rings. The Bertz CT molecular complexity index is 1040. The van der Waals surface area contributed by atoms with Gasteiger partial charge in [0.2, 0.25) is 11.8 Å². The van der Waals surface area contributed by atoms with Crippen LogP contribution >= 0.6 is 11.3 Å². The van der Waals surface area contributed by atoms with Gasteiger partial charge in [0.15, 0.2) is 0 Å². The highest BCUT2D eigenvalue weighted by Crippen LogP contribution is 2.24. The van der Waals surface area contributed by atoms with E-state index in [2.05, 4.69) is 15.4 Å². The molecule has 0 bridgehead atoms. The van der Waals surface area contributed by atoms with E-state index in [1.807, 2.05) is 54.2 Å². The zero-order valence-corrected chi connectivity index (χ0v) is 17.3. The highest BCUT2D eigenvalue weighted by atomic mass is 32.1. The van der Waals surface area contributed by atoms with Gasteiger partial charge >= 0.3 is 0 Å². The van der Waals surface area contributed by atoms with Gasteiger partial charge in [-0.25, -0.2) is 9.67 Å². The molecule has 0 fully saturated rings. The maximum atomic E-state index is 12.6. The quantitative estimate of drug-likeness (QED) is 0.695. The monoisotopic (exact) mass is 409 g/mol. The van der Waals surface area contributed by atoms with Crippen LogP contribution < -0.4 is 10.2 Å². The molecule has 3 heterocycles. The zero-order valence-electron chi connectivity index (χ0n) is 16.5. The predicted octanol–water partition coefficient (Wildman–Crippen LogP) is 3.78. The maximum Gasteiger partial charge on any atom is 0.228 e. The average Bonchev–Trinajstić information content (AvgIpc) is 3.31. The Balaban J connectivity index is 1.32. The van der Waals surface area contributed by atoms with E-state index in [0.717, 1.165) is 40.7 Å². The normalized spacial score (nSPS) is 13.2. The number of nitrogens with zero attached hydrogens (tertiary/aromatic N) is 4. The fourth-order valence-electron chi connectivity index (χ4n) is 3.46. The van der Waals surface area contributed by atoms with Crippen LogP contribution in [0.1, 0.15) is 30.0 Å². The van der Waals surface area contributed by atoms with E-state index in [0.29, 0.717) is 12.2 Å². The number of hydrogen-bond acceptors (Lipinski definition) is 5. The fourth-order valence-corrected chi connectivity index (χ4v) is 4.08. The SMILES string of the molecule is Cc1cc2n(n1)CCCN2C(=O)CCC(=O)Nc1ccc(-c2csc(C)n2)cc1. The van der Waals surface area contributed by atoms with Gasteiger partial charge in [-0.15, -0.1) is 11.3 Å². The first-order valence-electron chi connectivity index (χ1n) is 9.67. The molecule has 1 aromatic carbocycles. The summed E-state index contributed by atoms with van der Waals surface area (Å²) in [6.45, 7) is 5.39. The highest BCUT2D eigenvalue weighted by molar-refractivity contribution is 7.09. The standard InChI is InChI=1S/C21H23N5O2S/c1-14-12-20-25(10-3-11-26(20)24-14)21(28)9-8-19(27)23-17-6-4-16(5-7-17)18-13-29-15(2)22-18/h4-7,12-13H,3,8-11H2,1-2H3,(H,23,27). The Morgan fingerprint density at radius 3 is 2.66 bits per heavy atom. The number of nitrogens with one attached hydrogen (secondary N) is 1. The molecule has 3 aromatic rings. The third-order valence-electron chi connectivity index (χ3n) is 4.86. The van der Waals surface area contributed by atoms with Crippen LogP contribution in [0.4, 0.5) is 11.5 Å². The van der Waals surface area contributed by atoms with Gasteiger partial charge in [0.05, 0.1) is 16.4 Å². The predicted molar refractivity (Wildman–Crippen MR) is 114 cm³/mol. The van der Waals surface area contributed by atoms with Gasteiger partial charge in [0.25, 0.3) is 0 Å². The maximum absolute atomic E-state index is 12.6. The number of aromatic nitrogens is 3. The Morgan fingerprint density at radius 1 is 1.14 bits per heavy atom. The third-order valence-corrected chi connectivity index (χ3v) is 5.63. The van der Waals surface area contributed by atoms with Gasteiger partial charge in [-0.05, 0) is 32.4 Å². The molecule has 0 saturated carbocycles. The van der Waals surface area contributed by atoms with Crippen molar-refractivity contribution < 1.29 is 9.59 Å². The van der Waals surface area contributed by atoms with E-state index in [1.165, 1.54) is 0 Å². The lowest BCUT2D eigenvalue weighted by molar-refractivity contribution is -0.122. The summed E-state index contributed by atoms with van der Waals surface area (Å²) >= 11 is 1.61. The number of anilines is 2. The van der Waals surface area contributed by atoms with Crippen LogP contribution in [-0.4, -0.2) is 33.1 Å². The topological polar surface area (TPSA) is 80.1 Å². The first kappa shape index (κ1) is 19.3. The van der Waals surface area contributed by atoms with Crippen molar-refractivity contribution in [2.75, 3.05) is 16.8 Å². The van der Waals surface area contributed by atoms with Crippen molar-refractivity contribution in [2.24, 2.45) is 0 Å². The number of amides is 2. The van der Waals surface area contributed by atoms with Crippen molar-refractivity contribution in [3.8, 4) is 11.3 Å². The second-order valence-corrected chi connectivity index (χ2v) is 8.21. The summed E-state index contributed by atoms with van der Waals surface area (Å²) in [5.41, 5.74) is 3.56. The summed E-state index contributed by atoms with van der Waals surface area (Å²) in [5, 5.41) is 10.3. The Hall–Kier alpha value is -3.00. The minimum Gasteiger partial charge on any atom is -0.326 e. The fraction of sp³-hybridized carbons (Fsp3) is 0.333. The lowest BCUT2D eigenvalue weighted by Gasteiger charge is -2.27. The number of rotatable bonds is 5. The van der Waals surface area contributed by atoms with Crippen LogP contribution in [0.2, 0.25) is 0 Å². The molecule has 0 radical (unpaired) electrons. The van der Waals surface area contributed by atoms with Gasteiger partial charge in [0.1, 0.15) is 5.82 Å². The van der Waals surface area contributed by atoms with Gasteiger partial charge in [-0.1, -0.05) is 12.1 Å². The molecule has 7 nitrogen and oxygen atoms in total. The Morgan fingerprint density at radius 2 is 1.93 bits per heavy atom. The lowest BCUT2D eigenvalue weighted by Crippen LogP contribution is -2.37. The number of carbonyl (C=O) groups is 2. The average molecular weight is 410 g/mol. The van der Waals surface area contributed by atoms with E-state index in [-0.39, 0.29) is 24.7 Å². The molecule has 1 N–H and O–H groups in total. The molecular weight excluding hydrogens is 386 g/mol. The number of fused-ring (bicyclic) bond motifs is 1. The first-order chi connectivity index (χ1) is 14.0. The van der Waals surface area contributed by atoms with Crippen molar-refractivity contribution in [2.45, 2.75) is 39.7 Å². The van der Waals surface area contributed by atoms with Crippen LogP contribution in [0.25, 0.3) is 11.3 Å². The van der Waals surface area contributed by atoms with E-state index in [9.17, 15) is 9.59 Å². The molecule has 0 saturated heterocycles. The Kier molecular flexibility index (Phi) is 5.44. The number of thiazole rings is 1. The highest BCUT2D eigenvalue weighted by Gasteiger charge is 2.24. The lowest BCUT2D eigenvalue weighted by atomic mass is 10.1. The number of benzene rings is 1. The van der Waals surface area contributed by atoms with Crippen molar-refractivity contribution in [3.05, 3.63) is 46.4 Å². The largest absolute Gasteiger partial charge is 0.326 e. The summed E-state index contributed by atoms with van der Waals surface area (Å²) in [6.07, 6.45) is 1.19. The molecule has 150 valence electrons. The molecule has 0 unspecified atom stereocenters. The summed E-state index contributed by atoms with van der Waals surface area (Å²) in [7, 11) is 0. The molecule has 4 rings (SSSR count). The van der Waals surface area contributed by atoms with Crippen LogP contribution in [0, 0.1) is 13.8 Å². The molecular formula is C21H23N5O2S. The third kappa shape index (κ3) is 4.37. The van der Waals surface area contributed by atoms with Crippen LogP contribution in [-0.2, 0) is 16.1 Å². The van der Waals surface area contributed by atoms with E-state index >= 15 is 0 Å². The number of carbonyl (C=O) groups excluding carboxylic acids is 2. The minimum atomic E-state index is -0.169. The van der Waals surface area contributed by atoms with E-state index < -0.39 is 0 Å². The molecule has 2 aromatic heterocycles. The van der Waals surface area contributed by atoms with Gasteiger partial charge in [0, 0.05) is 48.6 Å². The smallest absolute Gasteiger partial charge is 0.228 e. The first-order valence-corrected chi connectivity index (χ1v) is 10.5. The molecule has 1 aliphatic heterocycles. The van der Waals surface area contributed by atoms with Crippen molar-refractivity contribution >= 4 is 34.7 Å². The summed E-state index contributed by atoms with van der Waals surface area (Å²) < 4.78 is 1.86. The molecule has 29 heavy (non-hydrogen) atoms. The van der Waals surface area contributed by atoms with Crippen LogP contribution in [0.3, 0.4) is 0 Å². The van der Waals surface area contributed by atoms with Gasteiger partial charge < -0.3 is 5.32 Å². The molecule has 2 amide bonds. The summed E-state index contributed by atoms with van der Waals surface area (Å²) in [4.78, 5) is 31.1. The summed E-state index contributed by atoms with van der Waals surface area (Å²) in [6, 6.07) is 9.51. The van der Waals surface area contributed by atoms with Crippen molar-refractivity contribution in [3.63, 3.8) is 0 Å².